The third kappa shape index (κ3) is 5.31. The molecule has 2 rings (SSSR count). The number of nitrogens with one attached hydrogen (secondary N) is 1. The van der Waals surface area contributed by atoms with Gasteiger partial charge in [-0.2, -0.15) is 0 Å². The predicted octanol–water partition coefficient (Wildman–Crippen LogP) is 2.11. The Balaban J connectivity index is 1.55. The first-order valence-corrected chi connectivity index (χ1v) is 7.94. The van der Waals surface area contributed by atoms with Gasteiger partial charge in [-0.15, -0.1) is 0 Å². The van der Waals surface area contributed by atoms with Crippen LogP contribution in [0, 0.1) is 6.92 Å². The summed E-state index contributed by atoms with van der Waals surface area (Å²) in [5, 5.41) is 0.711. The number of quaternary nitrogens is 1. The lowest BCUT2D eigenvalue weighted by molar-refractivity contribution is -0.908. The van der Waals surface area contributed by atoms with E-state index in [1.807, 2.05) is 25.1 Å². The molecule has 0 aliphatic carbocycles. The number of hydrogen-bond donors (Lipinski definition) is 1. The van der Waals surface area contributed by atoms with Crippen molar-refractivity contribution in [1.82, 2.24) is 0 Å². The van der Waals surface area contributed by atoms with Crippen LogP contribution in [0.2, 0.25) is 5.02 Å². The lowest BCUT2D eigenvalue weighted by Gasteiger charge is -2.23. The lowest BCUT2D eigenvalue weighted by atomic mass is 10.2. The summed E-state index contributed by atoms with van der Waals surface area (Å²) >= 11 is 6.13. The number of benzene rings is 1. The fourth-order valence-corrected chi connectivity index (χ4v) is 2.76. The average Bonchev–Trinajstić information content (AvgIpc) is 2.46. The molecule has 1 aromatic rings. The highest BCUT2D eigenvalue weighted by atomic mass is 35.5. The number of rotatable bonds is 7. The second-order valence-corrected chi connectivity index (χ2v) is 5.86. The number of unbranched alkanes of at least 4 members (excludes halogenated alkanes) is 2. The average molecular weight is 299 g/mol. The molecule has 0 radical (unpaired) electrons. The van der Waals surface area contributed by atoms with Crippen LogP contribution < -0.4 is 9.64 Å². The maximum atomic E-state index is 6.13. The molecular weight excluding hydrogens is 274 g/mol. The standard InChI is InChI=1S/C16H24ClNO2/c1-14-5-6-16(15(17)13-14)20-10-4-2-3-7-18-8-11-19-12-9-18/h5-6,13H,2-4,7-12H2,1H3/p+1. The number of morpholine rings is 1. The summed E-state index contributed by atoms with van der Waals surface area (Å²) in [6, 6.07) is 5.93. The van der Waals surface area contributed by atoms with Crippen molar-refractivity contribution in [3.05, 3.63) is 28.8 Å². The zero-order valence-electron chi connectivity index (χ0n) is 12.3. The second kappa shape index (κ2) is 8.50. The van der Waals surface area contributed by atoms with Gasteiger partial charge >= 0.3 is 0 Å². The number of aryl methyl sites for hydroxylation is 1. The van der Waals surface area contributed by atoms with Crippen molar-refractivity contribution in [1.29, 1.82) is 0 Å². The van der Waals surface area contributed by atoms with Crippen LogP contribution in [0.3, 0.4) is 0 Å². The number of ether oxygens (including phenoxy) is 2. The molecule has 1 aliphatic heterocycles. The molecule has 0 atom stereocenters. The van der Waals surface area contributed by atoms with Gasteiger partial charge in [-0.05, 0) is 43.9 Å². The van der Waals surface area contributed by atoms with Crippen LogP contribution >= 0.6 is 11.6 Å². The van der Waals surface area contributed by atoms with Crippen molar-refractivity contribution in [3.8, 4) is 5.75 Å². The summed E-state index contributed by atoms with van der Waals surface area (Å²) in [5.74, 6) is 0.802. The van der Waals surface area contributed by atoms with Crippen LogP contribution in [0.4, 0.5) is 0 Å². The Hall–Kier alpha value is -0.770. The van der Waals surface area contributed by atoms with E-state index in [-0.39, 0.29) is 0 Å². The van der Waals surface area contributed by atoms with Crippen LogP contribution in [-0.2, 0) is 4.74 Å². The third-order valence-electron chi connectivity index (χ3n) is 3.72. The summed E-state index contributed by atoms with van der Waals surface area (Å²) in [4.78, 5) is 1.68. The minimum absolute atomic E-state index is 0.711. The van der Waals surface area contributed by atoms with E-state index in [2.05, 4.69) is 0 Å². The molecule has 112 valence electrons. The third-order valence-corrected chi connectivity index (χ3v) is 4.01. The van der Waals surface area contributed by atoms with E-state index in [0.717, 1.165) is 50.6 Å². The summed E-state index contributed by atoms with van der Waals surface area (Å²) in [6.07, 6.45) is 3.57. The molecule has 20 heavy (non-hydrogen) atoms. The first kappa shape index (κ1) is 15.6. The van der Waals surface area contributed by atoms with Gasteiger partial charge in [-0.1, -0.05) is 17.7 Å². The van der Waals surface area contributed by atoms with Gasteiger partial charge in [0, 0.05) is 0 Å². The molecule has 3 nitrogen and oxygen atoms in total. The van der Waals surface area contributed by atoms with E-state index in [0.29, 0.717) is 5.02 Å². The molecule has 4 heteroatoms. The highest BCUT2D eigenvalue weighted by molar-refractivity contribution is 6.32. The van der Waals surface area contributed by atoms with E-state index in [1.165, 1.54) is 19.4 Å². The maximum absolute atomic E-state index is 6.13. The Labute approximate surface area is 126 Å². The van der Waals surface area contributed by atoms with Crippen molar-refractivity contribution in [3.63, 3.8) is 0 Å². The van der Waals surface area contributed by atoms with Crippen LogP contribution in [0.15, 0.2) is 18.2 Å². The maximum Gasteiger partial charge on any atom is 0.137 e. The zero-order chi connectivity index (χ0) is 14.2. The summed E-state index contributed by atoms with van der Waals surface area (Å²) in [6.45, 7) is 8.21. The zero-order valence-corrected chi connectivity index (χ0v) is 13.0. The summed E-state index contributed by atoms with van der Waals surface area (Å²) in [7, 11) is 0. The van der Waals surface area contributed by atoms with Crippen molar-refractivity contribution >= 4 is 11.6 Å². The van der Waals surface area contributed by atoms with Crippen LogP contribution in [0.1, 0.15) is 24.8 Å². The van der Waals surface area contributed by atoms with E-state index in [4.69, 9.17) is 21.1 Å². The van der Waals surface area contributed by atoms with Gasteiger partial charge < -0.3 is 14.4 Å². The van der Waals surface area contributed by atoms with E-state index < -0.39 is 0 Å². The lowest BCUT2D eigenvalue weighted by Crippen LogP contribution is -3.14. The van der Waals surface area contributed by atoms with E-state index in [9.17, 15) is 0 Å². The first-order valence-electron chi connectivity index (χ1n) is 7.56. The van der Waals surface area contributed by atoms with E-state index in [1.54, 1.807) is 4.90 Å². The Morgan fingerprint density at radius 2 is 2.00 bits per heavy atom. The smallest absolute Gasteiger partial charge is 0.137 e. The molecule has 0 amide bonds. The van der Waals surface area contributed by atoms with Crippen LogP contribution in [-0.4, -0.2) is 39.5 Å². The fourth-order valence-electron chi connectivity index (χ4n) is 2.47. The normalized spacial score (nSPS) is 16.3. The quantitative estimate of drug-likeness (QED) is 0.779. The van der Waals surface area contributed by atoms with Gasteiger partial charge in [-0.25, -0.2) is 0 Å². The second-order valence-electron chi connectivity index (χ2n) is 5.46. The molecule has 1 N–H and O–H groups in total. The van der Waals surface area contributed by atoms with Gasteiger partial charge in [0.1, 0.15) is 18.8 Å². The minimum atomic E-state index is 0.711. The van der Waals surface area contributed by atoms with Gasteiger partial charge in [0.2, 0.25) is 0 Å². The Morgan fingerprint density at radius 3 is 2.75 bits per heavy atom. The molecule has 1 aromatic carbocycles. The van der Waals surface area contributed by atoms with E-state index >= 15 is 0 Å². The molecule has 1 heterocycles. The van der Waals surface area contributed by atoms with Gasteiger partial charge in [-0.3, -0.25) is 0 Å². The van der Waals surface area contributed by atoms with Crippen molar-refractivity contribution in [2.45, 2.75) is 26.2 Å². The van der Waals surface area contributed by atoms with Crippen LogP contribution in [0.5, 0.6) is 5.75 Å². The summed E-state index contributed by atoms with van der Waals surface area (Å²) in [5.41, 5.74) is 1.16. The Kier molecular flexibility index (Phi) is 6.64. The van der Waals surface area contributed by atoms with Crippen molar-refractivity contribution in [2.75, 3.05) is 39.5 Å². The van der Waals surface area contributed by atoms with Crippen LogP contribution in [0.25, 0.3) is 0 Å². The molecule has 1 fully saturated rings. The Morgan fingerprint density at radius 1 is 1.20 bits per heavy atom. The monoisotopic (exact) mass is 298 g/mol. The van der Waals surface area contributed by atoms with Gasteiger partial charge in [0.05, 0.1) is 31.4 Å². The highest BCUT2D eigenvalue weighted by Crippen LogP contribution is 2.25. The molecule has 0 aromatic heterocycles. The molecule has 0 spiro atoms. The minimum Gasteiger partial charge on any atom is -0.492 e. The molecule has 0 saturated carbocycles. The molecule has 0 bridgehead atoms. The molecule has 1 saturated heterocycles. The Bertz CT molecular complexity index is 405. The van der Waals surface area contributed by atoms with Crippen molar-refractivity contribution in [2.24, 2.45) is 0 Å². The van der Waals surface area contributed by atoms with Crippen molar-refractivity contribution < 1.29 is 14.4 Å². The fraction of sp³-hybridized carbons (Fsp3) is 0.625. The first-order chi connectivity index (χ1) is 9.75. The summed E-state index contributed by atoms with van der Waals surface area (Å²) < 4.78 is 11.1. The predicted molar refractivity (Wildman–Crippen MR) is 81.9 cm³/mol. The highest BCUT2D eigenvalue weighted by Gasteiger charge is 2.12. The number of hydrogen-bond acceptors (Lipinski definition) is 2. The van der Waals surface area contributed by atoms with Gasteiger partial charge in [0.25, 0.3) is 0 Å². The molecule has 0 unspecified atom stereocenters. The largest absolute Gasteiger partial charge is 0.492 e. The van der Waals surface area contributed by atoms with Gasteiger partial charge in [0.15, 0.2) is 0 Å². The molecule has 1 aliphatic rings. The topological polar surface area (TPSA) is 22.9 Å². The SMILES string of the molecule is Cc1ccc(OCCCCC[NH+]2CCOCC2)c(Cl)c1. The number of halogens is 1. The molecular formula is C16H25ClNO2+.